The Morgan fingerprint density at radius 2 is 1.80 bits per heavy atom. The van der Waals surface area contributed by atoms with Crippen LogP contribution in [0.5, 0.6) is 0 Å². The molecular formula is C15H13BrO4. The first-order valence-electron chi connectivity index (χ1n) is 6.20. The van der Waals surface area contributed by atoms with Gasteiger partial charge in [-0.3, -0.25) is 4.79 Å². The highest BCUT2D eigenvalue weighted by Crippen LogP contribution is 2.40. The summed E-state index contributed by atoms with van der Waals surface area (Å²) in [6, 6.07) is 3.69. The van der Waals surface area contributed by atoms with Gasteiger partial charge in [0.25, 0.3) is 0 Å². The predicted molar refractivity (Wildman–Crippen MR) is 78.8 cm³/mol. The van der Waals surface area contributed by atoms with Crippen molar-refractivity contribution in [3.05, 3.63) is 34.7 Å². The molecule has 0 amide bonds. The highest BCUT2D eigenvalue weighted by molar-refractivity contribution is 9.10. The molecule has 3 rings (SSSR count). The molecule has 0 atom stereocenters. The maximum atomic E-state index is 11.4. The van der Waals surface area contributed by atoms with E-state index in [0.29, 0.717) is 12.0 Å². The lowest BCUT2D eigenvalue weighted by molar-refractivity contribution is -0.146. The van der Waals surface area contributed by atoms with Crippen LogP contribution in [0, 0.1) is 5.41 Å². The Bertz CT molecular complexity index is 758. The van der Waals surface area contributed by atoms with Gasteiger partial charge in [0, 0.05) is 16.3 Å². The molecule has 1 aromatic carbocycles. The van der Waals surface area contributed by atoms with Crippen molar-refractivity contribution in [3.63, 3.8) is 0 Å². The molecule has 2 heterocycles. The van der Waals surface area contributed by atoms with Gasteiger partial charge in [-0.15, -0.1) is 0 Å². The van der Waals surface area contributed by atoms with Crippen LogP contribution in [-0.4, -0.2) is 11.1 Å². The first-order chi connectivity index (χ1) is 9.42. The average Bonchev–Trinajstić information content (AvgIpc) is 3.03. The molecule has 20 heavy (non-hydrogen) atoms. The van der Waals surface area contributed by atoms with E-state index >= 15 is 0 Å². The molecule has 2 aromatic heterocycles. The van der Waals surface area contributed by atoms with Gasteiger partial charge in [0.1, 0.15) is 11.2 Å². The van der Waals surface area contributed by atoms with Crippen molar-refractivity contribution in [2.24, 2.45) is 5.41 Å². The van der Waals surface area contributed by atoms with Crippen LogP contribution in [0.1, 0.15) is 19.4 Å². The van der Waals surface area contributed by atoms with Crippen molar-refractivity contribution in [3.8, 4) is 0 Å². The van der Waals surface area contributed by atoms with Gasteiger partial charge >= 0.3 is 5.97 Å². The summed E-state index contributed by atoms with van der Waals surface area (Å²) in [5.41, 5.74) is 1.41. The highest BCUT2D eigenvalue weighted by atomic mass is 79.9. The van der Waals surface area contributed by atoms with E-state index in [1.165, 1.54) is 0 Å². The van der Waals surface area contributed by atoms with Crippen molar-refractivity contribution in [1.29, 1.82) is 0 Å². The van der Waals surface area contributed by atoms with Crippen molar-refractivity contribution >= 4 is 43.8 Å². The van der Waals surface area contributed by atoms with E-state index in [9.17, 15) is 9.90 Å². The summed E-state index contributed by atoms with van der Waals surface area (Å²) in [6.07, 6.45) is 3.58. The van der Waals surface area contributed by atoms with Gasteiger partial charge in [-0.25, -0.2) is 0 Å². The van der Waals surface area contributed by atoms with Gasteiger partial charge in [0.15, 0.2) is 0 Å². The first-order valence-corrected chi connectivity index (χ1v) is 6.99. The number of carboxylic acid groups (broad SMARTS) is 1. The van der Waals surface area contributed by atoms with E-state index in [4.69, 9.17) is 8.83 Å². The van der Waals surface area contributed by atoms with E-state index in [2.05, 4.69) is 15.9 Å². The Balaban J connectivity index is 2.31. The van der Waals surface area contributed by atoms with Crippen LogP contribution in [0.3, 0.4) is 0 Å². The number of hydrogen-bond acceptors (Lipinski definition) is 3. The third-order valence-electron chi connectivity index (χ3n) is 3.56. The summed E-state index contributed by atoms with van der Waals surface area (Å²) in [7, 11) is 0. The Kier molecular flexibility index (Phi) is 2.90. The summed E-state index contributed by atoms with van der Waals surface area (Å²) >= 11 is 3.51. The average molecular weight is 337 g/mol. The Labute approximate surface area is 123 Å². The van der Waals surface area contributed by atoms with Crippen molar-refractivity contribution in [2.75, 3.05) is 0 Å². The molecule has 0 radical (unpaired) electrons. The molecule has 0 bridgehead atoms. The highest BCUT2D eigenvalue weighted by Gasteiger charge is 2.30. The molecule has 0 aliphatic rings. The lowest BCUT2D eigenvalue weighted by Crippen LogP contribution is -2.26. The zero-order valence-corrected chi connectivity index (χ0v) is 12.7. The molecule has 1 N–H and O–H groups in total. The number of carboxylic acids is 1. The SMILES string of the molecule is CC(C)(Cc1c2ccoc2c(Br)c2ccoc12)C(=O)O. The number of benzene rings is 1. The minimum Gasteiger partial charge on any atom is -0.481 e. The summed E-state index contributed by atoms with van der Waals surface area (Å²) in [5, 5.41) is 11.1. The third kappa shape index (κ3) is 1.85. The van der Waals surface area contributed by atoms with Crippen molar-refractivity contribution in [1.82, 2.24) is 0 Å². The molecular weight excluding hydrogens is 324 g/mol. The van der Waals surface area contributed by atoms with Gasteiger partial charge < -0.3 is 13.9 Å². The smallest absolute Gasteiger partial charge is 0.309 e. The lowest BCUT2D eigenvalue weighted by atomic mass is 9.84. The second-order valence-electron chi connectivity index (χ2n) is 5.49. The van der Waals surface area contributed by atoms with Gasteiger partial charge in [-0.1, -0.05) is 0 Å². The molecule has 0 spiro atoms. The number of hydrogen-bond donors (Lipinski definition) is 1. The first kappa shape index (κ1) is 13.2. The molecule has 3 aromatic rings. The van der Waals surface area contributed by atoms with Gasteiger partial charge in [0.05, 0.1) is 22.4 Å². The largest absolute Gasteiger partial charge is 0.481 e. The van der Waals surface area contributed by atoms with E-state index in [-0.39, 0.29) is 0 Å². The van der Waals surface area contributed by atoms with Crippen LogP contribution in [0.4, 0.5) is 0 Å². The maximum absolute atomic E-state index is 11.4. The monoisotopic (exact) mass is 336 g/mol. The zero-order chi connectivity index (χ0) is 14.5. The number of carbonyl (C=O) groups is 1. The fourth-order valence-electron chi connectivity index (χ4n) is 2.37. The molecule has 0 saturated heterocycles. The van der Waals surface area contributed by atoms with Gasteiger partial charge in [-0.2, -0.15) is 0 Å². The van der Waals surface area contributed by atoms with E-state index in [0.717, 1.165) is 26.4 Å². The molecule has 0 fully saturated rings. The molecule has 0 aliphatic heterocycles. The van der Waals surface area contributed by atoms with Crippen molar-refractivity contribution in [2.45, 2.75) is 20.3 Å². The maximum Gasteiger partial charge on any atom is 0.309 e. The Morgan fingerprint density at radius 1 is 1.20 bits per heavy atom. The van der Waals surface area contributed by atoms with Crippen molar-refractivity contribution < 1.29 is 18.7 Å². The second kappa shape index (κ2) is 4.38. The van der Waals surface area contributed by atoms with Crippen LogP contribution >= 0.6 is 15.9 Å². The number of furan rings is 2. The number of aliphatic carboxylic acids is 1. The second-order valence-corrected chi connectivity index (χ2v) is 6.28. The topological polar surface area (TPSA) is 63.6 Å². The molecule has 0 saturated carbocycles. The van der Waals surface area contributed by atoms with Crippen LogP contribution in [-0.2, 0) is 11.2 Å². The summed E-state index contributed by atoms with van der Waals surface area (Å²) in [4.78, 5) is 11.4. The van der Waals surface area contributed by atoms with Gasteiger partial charge in [0.2, 0.25) is 0 Å². The molecule has 4 nitrogen and oxygen atoms in total. The lowest BCUT2D eigenvalue weighted by Gasteiger charge is -2.19. The van der Waals surface area contributed by atoms with Crippen LogP contribution in [0.25, 0.3) is 21.9 Å². The fourth-order valence-corrected chi connectivity index (χ4v) is 2.99. The quantitative estimate of drug-likeness (QED) is 0.759. The molecule has 0 unspecified atom stereocenters. The third-order valence-corrected chi connectivity index (χ3v) is 4.35. The van der Waals surface area contributed by atoms with E-state index < -0.39 is 11.4 Å². The number of rotatable bonds is 3. The Hall–Kier alpha value is -1.75. The summed E-state index contributed by atoms with van der Waals surface area (Å²) < 4.78 is 11.9. The van der Waals surface area contributed by atoms with E-state index in [1.54, 1.807) is 26.4 Å². The number of halogens is 1. The molecule has 5 heteroatoms. The zero-order valence-electron chi connectivity index (χ0n) is 11.1. The van der Waals surface area contributed by atoms with E-state index in [1.807, 2.05) is 12.1 Å². The summed E-state index contributed by atoms with van der Waals surface area (Å²) in [5.74, 6) is -0.836. The van der Waals surface area contributed by atoms with Crippen LogP contribution in [0.2, 0.25) is 0 Å². The predicted octanol–water partition coefficient (Wildman–Crippen LogP) is 4.59. The summed E-state index contributed by atoms with van der Waals surface area (Å²) in [6.45, 7) is 3.41. The minimum absolute atomic E-state index is 0.371. The normalized spacial score (nSPS) is 12.3. The Morgan fingerprint density at radius 3 is 2.45 bits per heavy atom. The fraction of sp³-hybridized carbons (Fsp3) is 0.267. The minimum atomic E-state index is -0.877. The van der Waals surface area contributed by atoms with Crippen LogP contribution in [0.15, 0.2) is 38.0 Å². The molecule has 0 aliphatic carbocycles. The van der Waals surface area contributed by atoms with Crippen LogP contribution < -0.4 is 0 Å². The number of fused-ring (bicyclic) bond motifs is 2. The molecule has 104 valence electrons. The standard InChI is InChI=1S/C15H13BrO4/c1-15(2,14(17)18)7-10-8-3-5-20-13(8)11(16)9-4-6-19-12(9)10/h3-6H,7H2,1-2H3,(H,17,18). The van der Waals surface area contributed by atoms with Gasteiger partial charge in [-0.05, 0) is 48.3 Å².